The Hall–Kier alpha value is -6.50. The highest BCUT2D eigenvalue weighted by Gasteiger charge is 2.26. The van der Waals surface area contributed by atoms with Gasteiger partial charge in [0, 0.05) is 47.6 Å². The lowest BCUT2D eigenvalue weighted by atomic mass is 10.0. The minimum Gasteiger partial charge on any atom is -0.455 e. The number of amidine groups is 2. The number of benzene rings is 7. The van der Waals surface area contributed by atoms with Crippen molar-refractivity contribution in [2.45, 2.75) is 6.17 Å². The molecule has 7 aromatic carbocycles. The summed E-state index contributed by atoms with van der Waals surface area (Å²) in [5.74, 6) is 1.43. The second kappa shape index (κ2) is 11.0. The number of aromatic nitrogens is 1. The molecular formula is C45H28N4OS. The summed E-state index contributed by atoms with van der Waals surface area (Å²) in [6.45, 7) is 0. The van der Waals surface area contributed by atoms with E-state index in [9.17, 15) is 0 Å². The van der Waals surface area contributed by atoms with E-state index in [4.69, 9.17) is 14.4 Å². The molecule has 1 atom stereocenters. The Morgan fingerprint density at radius 1 is 0.569 bits per heavy atom. The van der Waals surface area contributed by atoms with Crippen LogP contribution in [0.25, 0.3) is 69.6 Å². The third-order valence-corrected chi connectivity index (χ3v) is 11.2. The van der Waals surface area contributed by atoms with Crippen LogP contribution in [-0.2, 0) is 0 Å². The predicted molar refractivity (Wildman–Crippen MR) is 213 cm³/mol. The topological polar surface area (TPSA) is 54.8 Å². The molecule has 1 aliphatic rings. The smallest absolute Gasteiger partial charge is 0.163 e. The highest BCUT2D eigenvalue weighted by molar-refractivity contribution is 7.25. The zero-order chi connectivity index (χ0) is 33.5. The maximum absolute atomic E-state index is 6.85. The van der Waals surface area contributed by atoms with Gasteiger partial charge >= 0.3 is 0 Å². The fraction of sp³-hybridized carbons (Fsp3) is 0.0222. The molecule has 0 spiro atoms. The van der Waals surface area contributed by atoms with Gasteiger partial charge in [-0.2, -0.15) is 0 Å². The second-order valence-corrected chi connectivity index (χ2v) is 14.0. The van der Waals surface area contributed by atoms with Gasteiger partial charge in [0.05, 0.1) is 22.0 Å². The number of nitrogens with zero attached hydrogens (tertiary/aromatic N) is 3. The van der Waals surface area contributed by atoms with E-state index in [1.165, 1.54) is 30.9 Å². The Morgan fingerprint density at radius 2 is 1.27 bits per heavy atom. The SMILES string of the molecule is c1ccc(C2N=C(c3cccc4c3oc3ccc5c6ccccc6n(-c6ccccc6)c5c34)N=C(c3cccc4sc5ccccc5c34)N2)cc1. The molecule has 1 unspecified atom stereocenters. The molecule has 0 fully saturated rings. The van der Waals surface area contributed by atoms with E-state index >= 15 is 0 Å². The van der Waals surface area contributed by atoms with Crippen molar-refractivity contribution in [1.82, 2.24) is 9.88 Å². The van der Waals surface area contributed by atoms with E-state index in [1.54, 1.807) is 0 Å². The predicted octanol–water partition coefficient (Wildman–Crippen LogP) is 11.5. The van der Waals surface area contributed by atoms with Crippen molar-refractivity contribution >= 4 is 86.9 Å². The van der Waals surface area contributed by atoms with Crippen molar-refractivity contribution in [2.24, 2.45) is 9.98 Å². The molecule has 0 amide bonds. The van der Waals surface area contributed by atoms with E-state index in [2.05, 4.69) is 162 Å². The Labute approximate surface area is 296 Å². The summed E-state index contributed by atoms with van der Waals surface area (Å²) in [6, 6.07) is 55.3. The largest absolute Gasteiger partial charge is 0.455 e. The van der Waals surface area contributed by atoms with Gasteiger partial charge in [-0.25, -0.2) is 9.98 Å². The van der Waals surface area contributed by atoms with E-state index < -0.39 is 0 Å². The van der Waals surface area contributed by atoms with Gasteiger partial charge in [0.2, 0.25) is 0 Å². The van der Waals surface area contributed by atoms with Crippen LogP contribution in [0.4, 0.5) is 0 Å². The zero-order valence-corrected chi connectivity index (χ0v) is 28.1. The highest BCUT2D eigenvalue weighted by atomic mass is 32.1. The molecule has 1 N–H and O–H groups in total. The first kappa shape index (κ1) is 28.3. The van der Waals surface area contributed by atoms with Gasteiger partial charge in [0.25, 0.3) is 0 Å². The van der Waals surface area contributed by atoms with Gasteiger partial charge in [0.1, 0.15) is 23.2 Å². The van der Waals surface area contributed by atoms with Crippen LogP contribution in [0, 0.1) is 0 Å². The number of rotatable bonds is 4. The number of thiophene rings is 1. The Balaban J connectivity index is 1.18. The molecule has 0 saturated heterocycles. The summed E-state index contributed by atoms with van der Waals surface area (Å²) >= 11 is 1.81. The maximum Gasteiger partial charge on any atom is 0.163 e. The van der Waals surface area contributed by atoms with Crippen molar-refractivity contribution in [3.63, 3.8) is 0 Å². The summed E-state index contributed by atoms with van der Waals surface area (Å²) in [5.41, 5.74) is 8.00. The number of fused-ring (bicyclic) bond motifs is 10. The van der Waals surface area contributed by atoms with Gasteiger partial charge < -0.3 is 14.3 Å². The van der Waals surface area contributed by atoms with Crippen LogP contribution < -0.4 is 5.32 Å². The standard InChI is InChI=1S/C45H28N4OS/c1-3-13-27(14-4-1)43-46-44(33-20-12-24-38-39(33)31-18-8-10-23-37(31)51-38)48-45(47-43)34-21-11-19-32-40-36(50-42(32)34)26-25-30-29-17-7-9-22-35(29)49(41(30)40)28-15-5-2-6-16-28/h1-26,43H,(H,46,47,48). The molecule has 6 heteroatoms. The summed E-state index contributed by atoms with van der Waals surface area (Å²) in [5, 5.41) is 10.7. The zero-order valence-electron chi connectivity index (χ0n) is 27.2. The minimum atomic E-state index is -0.333. The van der Waals surface area contributed by atoms with Crippen molar-refractivity contribution in [1.29, 1.82) is 0 Å². The summed E-state index contributed by atoms with van der Waals surface area (Å²) in [4.78, 5) is 10.6. The Kier molecular flexibility index (Phi) is 6.12. The van der Waals surface area contributed by atoms with Gasteiger partial charge in [-0.1, -0.05) is 109 Å². The molecule has 5 nitrogen and oxygen atoms in total. The third-order valence-electron chi connectivity index (χ3n) is 10.1. The van der Waals surface area contributed by atoms with Crippen LogP contribution in [0.3, 0.4) is 0 Å². The first-order chi connectivity index (χ1) is 25.3. The van der Waals surface area contributed by atoms with Crippen molar-refractivity contribution in [2.75, 3.05) is 0 Å². The number of hydrogen-bond donors (Lipinski definition) is 1. The second-order valence-electron chi connectivity index (χ2n) is 13.0. The highest BCUT2D eigenvalue weighted by Crippen LogP contribution is 2.42. The van der Waals surface area contributed by atoms with E-state index in [0.29, 0.717) is 5.84 Å². The number of furan rings is 1. The molecule has 11 rings (SSSR count). The van der Waals surface area contributed by atoms with Crippen LogP contribution >= 0.6 is 11.3 Å². The molecule has 3 aromatic heterocycles. The van der Waals surface area contributed by atoms with Crippen LogP contribution in [0.1, 0.15) is 22.9 Å². The molecular weight excluding hydrogens is 645 g/mol. The lowest BCUT2D eigenvalue weighted by Crippen LogP contribution is -2.33. The monoisotopic (exact) mass is 672 g/mol. The molecule has 0 bridgehead atoms. The average molecular weight is 673 g/mol. The van der Waals surface area contributed by atoms with E-state index in [1.807, 2.05) is 17.4 Å². The molecule has 240 valence electrons. The van der Waals surface area contributed by atoms with E-state index in [0.717, 1.165) is 61.2 Å². The third kappa shape index (κ3) is 4.27. The lowest BCUT2D eigenvalue weighted by molar-refractivity contribution is 0.663. The molecule has 51 heavy (non-hydrogen) atoms. The average Bonchev–Trinajstić information content (AvgIpc) is 3.88. The van der Waals surface area contributed by atoms with Gasteiger partial charge in [-0.3, -0.25) is 0 Å². The Morgan fingerprint density at radius 3 is 2.16 bits per heavy atom. The molecule has 4 heterocycles. The normalized spacial score (nSPS) is 14.9. The van der Waals surface area contributed by atoms with E-state index in [-0.39, 0.29) is 6.17 Å². The first-order valence-corrected chi connectivity index (χ1v) is 17.9. The molecule has 0 aliphatic carbocycles. The maximum atomic E-state index is 6.85. The molecule has 1 aliphatic heterocycles. The first-order valence-electron chi connectivity index (χ1n) is 17.1. The van der Waals surface area contributed by atoms with Gasteiger partial charge in [-0.05, 0) is 54.1 Å². The minimum absolute atomic E-state index is 0.333. The summed E-state index contributed by atoms with van der Waals surface area (Å²) in [7, 11) is 0. The number of nitrogens with one attached hydrogen (secondary N) is 1. The lowest BCUT2D eigenvalue weighted by Gasteiger charge is -2.24. The van der Waals surface area contributed by atoms with Crippen molar-refractivity contribution in [3.8, 4) is 5.69 Å². The quantitative estimate of drug-likeness (QED) is 0.202. The molecule has 0 radical (unpaired) electrons. The van der Waals surface area contributed by atoms with Crippen molar-refractivity contribution < 1.29 is 4.42 Å². The van der Waals surface area contributed by atoms with Crippen LogP contribution in [0.5, 0.6) is 0 Å². The van der Waals surface area contributed by atoms with Crippen LogP contribution in [0.2, 0.25) is 0 Å². The Bertz CT molecular complexity index is 3060. The fourth-order valence-corrected chi connectivity index (χ4v) is 8.98. The number of aliphatic imine (C=N–C) groups is 2. The van der Waals surface area contributed by atoms with Gasteiger partial charge in [0.15, 0.2) is 5.84 Å². The van der Waals surface area contributed by atoms with Gasteiger partial charge in [-0.15, -0.1) is 11.3 Å². The summed E-state index contributed by atoms with van der Waals surface area (Å²) < 4.78 is 11.7. The number of hydrogen-bond acceptors (Lipinski definition) is 5. The summed E-state index contributed by atoms with van der Waals surface area (Å²) in [6.07, 6.45) is -0.333. The van der Waals surface area contributed by atoms with Crippen LogP contribution in [-0.4, -0.2) is 16.2 Å². The van der Waals surface area contributed by atoms with Crippen LogP contribution in [0.15, 0.2) is 172 Å². The molecule has 0 saturated carbocycles. The molecule has 10 aromatic rings. The van der Waals surface area contributed by atoms with Crippen molar-refractivity contribution in [3.05, 3.63) is 174 Å². The number of para-hydroxylation sites is 3. The fourth-order valence-electron chi connectivity index (χ4n) is 7.84.